The Morgan fingerprint density at radius 3 is 2.44 bits per heavy atom. The monoisotopic (exact) mass is 446 g/mol. The molecule has 0 aromatic heterocycles. The van der Waals surface area contributed by atoms with E-state index in [9.17, 15) is 39.9 Å². The average molecular weight is 446 g/mol. The molecule has 0 saturated heterocycles. The van der Waals surface area contributed by atoms with Crippen LogP contribution in [0, 0.1) is 17.8 Å². The van der Waals surface area contributed by atoms with E-state index in [1.54, 1.807) is 26.0 Å². The number of amides is 1. The van der Waals surface area contributed by atoms with Crippen LogP contribution in [0.4, 0.5) is 0 Å². The van der Waals surface area contributed by atoms with E-state index in [0.29, 0.717) is 5.56 Å². The van der Waals surface area contributed by atoms with Gasteiger partial charge in [-0.25, -0.2) is 0 Å². The number of carbonyl (C=O) groups is 3. The summed E-state index contributed by atoms with van der Waals surface area (Å²) >= 11 is 0. The number of aromatic hydroxyl groups is 1. The minimum Gasteiger partial charge on any atom is -0.507 e. The van der Waals surface area contributed by atoms with Gasteiger partial charge in [-0.3, -0.25) is 14.4 Å². The Labute approximate surface area is 183 Å². The van der Waals surface area contributed by atoms with E-state index in [-0.39, 0.29) is 17.9 Å². The van der Waals surface area contributed by atoms with Gasteiger partial charge in [0.2, 0.25) is 11.7 Å². The fourth-order valence-corrected chi connectivity index (χ4v) is 5.82. The van der Waals surface area contributed by atoms with Crippen molar-refractivity contribution in [3.05, 3.63) is 34.9 Å². The molecule has 4 rings (SSSR count). The summed E-state index contributed by atoms with van der Waals surface area (Å²) in [6, 6.07) is 3.30. The highest BCUT2D eigenvalue weighted by atomic mass is 16.3. The van der Waals surface area contributed by atoms with E-state index in [1.807, 2.05) is 0 Å². The second-order valence-corrected chi connectivity index (χ2v) is 8.75. The highest BCUT2D eigenvalue weighted by Gasteiger charge is 2.70. The second-order valence-electron chi connectivity index (χ2n) is 8.75. The number of phenolic OH excluding ortho intramolecular Hbond substituents is 1. The van der Waals surface area contributed by atoms with E-state index < -0.39 is 76.3 Å². The molecule has 10 nitrogen and oxygen atoms in total. The number of primary amides is 1. The predicted molar refractivity (Wildman–Crippen MR) is 110 cm³/mol. The van der Waals surface area contributed by atoms with Crippen LogP contribution in [0.3, 0.4) is 0 Å². The third-order valence-corrected chi connectivity index (χ3v) is 7.24. The van der Waals surface area contributed by atoms with Gasteiger partial charge in [0, 0.05) is 23.5 Å². The number of Topliss-reactive ketones (excluding diaryl/α,β-unsaturated/α-hetero) is 2. The quantitative estimate of drug-likeness (QED) is 0.277. The number of aliphatic hydroxyl groups is 4. The number of ketones is 2. The molecule has 0 aliphatic heterocycles. The average Bonchev–Trinajstić information content (AvgIpc) is 2.72. The second kappa shape index (κ2) is 7.38. The summed E-state index contributed by atoms with van der Waals surface area (Å²) < 4.78 is 0. The first-order chi connectivity index (χ1) is 15.0. The van der Waals surface area contributed by atoms with Crippen LogP contribution < -0.4 is 11.1 Å². The summed E-state index contributed by atoms with van der Waals surface area (Å²) in [5.41, 5.74) is 2.45. The molecule has 8 unspecified atom stereocenters. The molecule has 0 bridgehead atoms. The first-order valence-electron chi connectivity index (χ1n) is 10.5. The number of fused-ring (bicyclic) bond motifs is 3. The largest absolute Gasteiger partial charge is 0.507 e. The minimum atomic E-state index is -2.91. The maximum Gasteiger partial charge on any atom is 0.230 e. The number of likely N-dealkylation sites (N-methyl/N-ethyl adjacent to an activating group) is 1. The zero-order valence-corrected chi connectivity index (χ0v) is 17.5. The summed E-state index contributed by atoms with van der Waals surface area (Å²) in [4.78, 5) is 38.8. The molecule has 0 radical (unpaired) electrons. The van der Waals surface area contributed by atoms with Gasteiger partial charge in [-0.2, -0.15) is 0 Å². The number of benzene rings is 1. The fraction of sp³-hybridized carbons (Fsp3) is 0.500. The number of hydrogen-bond acceptors (Lipinski definition) is 9. The predicted octanol–water partition coefficient (Wildman–Crippen LogP) is -1.29. The molecule has 10 heteroatoms. The van der Waals surface area contributed by atoms with Crippen LogP contribution in [0.2, 0.25) is 0 Å². The molecule has 1 aromatic carbocycles. The van der Waals surface area contributed by atoms with Crippen LogP contribution in [0.25, 0.3) is 5.76 Å². The van der Waals surface area contributed by atoms with E-state index in [0.717, 1.165) is 0 Å². The van der Waals surface area contributed by atoms with Crippen molar-refractivity contribution in [2.45, 2.75) is 43.6 Å². The van der Waals surface area contributed by atoms with E-state index in [4.69, 9.17) is 5.73 Å². The van der Waals surface area contributed by atoms with Crippen molar-refractivity contribution >= 4 is 23.2 Å². The zero-order chi connectivity index (χ0) is 23.7. The Balaban J connectivity index is 1.98. The molecule has 0 heterocycles. The van der Waals surface area contributed by atoms with Gasteiger partial charge in [0.25, 0.3) is 0 Å². The van der Waals surface area contributed by atoms with E-state index in [1.165, 1.54) is 6.07 Å². The van der Waals surface area contributed by atoms with Crippen molar-refractivity contribution in [2.75, 3.05) is 6.54 Å². The molecule has 172 valence electrons. The Morgan fingerprint density at radius 2 is 1.84 bits per heavy atom. The first kappa shape index (κ1) is 22.4. The topological polar surface area (TPSA) is 190 Å². The van der Waals surface area contributed by atoms with Gasteiger partial charge in [-0.05, 0) is 24.1 Å². The number of carbonyl (C=O) groups excluding carboxylic acids is 3. The molecular formula is C22H26N2O8. The van der Waals surface area contributed by atoms with Gasteiger partial charge < -0.3 is 36.6 Å². The standard InChI is InChI=1S/C22H26N2O8/c1-3-24-15-14-17(27)10-7(2)8-5-4-6-9(25)11(8)16(26)12(10)19(29)22(14,32)20(30)13(18(15)28)21(23)31/h4-7,10,13-15,17-18,24-28,32H,3H2,1-2H3,(H2,23,31). The third-order valence-electron chi connectivity index (χ3n) is 7.24. The van der Waals surface area contributed by atoms with Gasteiger partial charge in [0.15, 0.2) is 11.4 Å². The van der Waals surface area contributed by atoms with Crippen molar-refractivity contribution in [2.24, 2.45) is 23.5 Å². The van der Waals surface area contributed by atoms with Crippen LogP contribution in [0.15, 0.2) is 23.8 Å². The van der Waals surface area contributed by atoms with Crippen LogP contribution in [0.1, 0.15) is 30.9 Å². The van der Waals surface area contributed by atoms with Crippen LogP contribution >= 0.6 is 0 Å². The zero-order valence-electron chi connectivity index (χ0n) is 17.5. The van der Waals surface area contributed by atoms with Crippen LogP contribution in [0.5, 0.6) is 5.75 Å². The normalized spacial score (nSPS) is 38.7. The number of aliphatic hydroxyl groups excluding tert-OH is 3. The van der Waals surface area contributed by atoms with Gasteiger partial charge in [-0.1, -0.05) is 26.0 Å². The highest BCUT2D eigenvalue weighted by molar-refractivity contribution is 6.25. The molecule has 3 aliphatic carbocycles. The number of nitrogens with one attached hydrogen (secondary N) is 1. The minimum absolute atomic E-state index is 0.0215. The lowest BCUT2D eigenvalue weighted by Gasteiger charge is -2.55. The van der Waals surface area contributed by atoms with Crippen molar-refractivity contribution in [1.29, 1.82) is 0 Å². The van der Waals surface area contributed by atoms with Gasteiger partial charge >= 0.3 is 0 Å². The van der Waals surface area contributed by atoms with Crippen molar-refractivity contribution in [1.82, 2.24) is 5.32 Å². The molecule has 2 fully saturated rings. The van der Waals surface area contributed by atoms with E-state index in [2.05, 4.69) is 5.32 Å². The molecular weight excluding hydrogens is 420 g/mol. The summed E-state index contributed by atoms with van der Waals surface area (Å²) in [6.45, 7) is 3.60. The number of phenols is 1. The smallest absolute Gasteiger partial charge is 0.230 e. The van der Waals surface area contributed by atoms with Crippen LogP contribution in [-0.2, 0) is 14.4 Å². The molecule has 1 aromatic rings. The van der Waals surface area contributed by atoms with Gasteiger partial charge in [0.1, 0.15) is 17.4 Å². The summed E-state index contributed by atoms with van der Waals surface area (Å²) in [5, 5.41) is 57.7. The molecule has 8 atom stereocenters. The maximum atomic E-state index is 13.6. The molecule has 8 N–H and O–H groups in total. The Morgan fingerprint density at radius 1 is 1.19 bits per heavy atom. The van der Waals surface area contributed by atoms with Crippen LogP contribution in [-0.4, -0.2) is 73.4 Å². The Hall–Kier alpha value is -2.79. The summed E-state index contributed by atoms with van der Waals surface area (Å²) in [7, 11) is 0. The molecule has 1 amide bonds. The molecule has 2 saturated carbocycles. The Bertz CT molecular complexity index is 1050. The number of hydrogen-bond donors (Lipinski definition) is 7. The highest BCUT2D eigenvalue weighted by Crippen LogP contribution is 2.55. The summed E-state index contributed by atoms with van der Waals surface area (Å²) in [6.07, 6.45) is -3.24. The van der Waals surface area contributed by atoms with Crippen molar-refractivity contribution < 1.29 is 39.9 Å². The number of rotatable bonds is 3. The molecule has 0 spiro atoms. The van der Waals surface area contributed by atoms with Crippen molar-refractivity contribution in [3.8, 4) is 5.75 Å². The lowest BCUT2D eigenvalue weighted by molar-refractivity contribution is -0.192. The summed E-state index contributed by atoms with van der Waals surface area (Å²) in [5.74, 6) is -9.69. The van der Waals surface area contributed by atoms with Gasteiger partial charge in [-0.15, -0.1) is 0 Å². The van der Waals surface area contributed by atoms with Crippen molar-refractivity contribution in [3.63, 3.8) is 0 Å². The lowest BCUT2D eigenvalue weighted by atomic mass is 9.52. The number of nitrogens with two attached hydrogens (primary N) is 1. The Kier molecular flexibility index (Phi) is 5.17. The lowest BCUT2D eigenvalue weighted by Crippen LogP contribution is -2.77. The molecule has 3 aliphatic rings. The fourth-order valence-electron chi connectivity index (χ4n) is 5.82. The first-order valence-corrected chi connectivity index (χ1v) is 10.5. The van der Waals surface area contributed by atoms with Gasteiger partial charge in [0.05, 0.1) is 17.8 Å². The SMILES string of the molecule is CCNC1C(O)C(C(N)=O)C(=O)C2(O)C(=O)C3=C(O)c4c(O)cccc4C(C)C3C(O)C12. The molecule has 32 heavy (non-hydrogen) atoms. The van der Waals surface area contributed by atoms with E-state index >= 15 is 0 Å². The third kappa shape index (κ3) is 2.64. The maximum absolute atomic E-state index is 13.6.